The molecule has 0 radical (unpaired) electrons. The lowest BCUT2D eigenvalue weighted by atomic mass is 9.97. The van der Waals surface area contributed by atoms with E-state index in [1.807, 2.05) is 12.1 Å². The largest absolute Gasteiger partial charge is 0.497 e. The SMILES string of the molecule is COc1ccc(NCCC2=CCCCC2)cc1. The van der Waals surface area contributed by atoms with Gasteiger partial charge >= 0.3 is 0 Å². The summed E-state index contributed by atoms with van der Waals surface area (Å²) in [5, 5.41) is 3.45. The Morgan fingerprint density at radius 2 is 2.00 bits per heavy atom. The molecule has 1 aromatic carbocycles. The summed E-state index contributed by atoms with van der Waals surface area (Å²) in [6.45, 7) is 1.03. The number of rotatable bonds is 5. The van der Waals surface area contributed by atoms with Gasteiger partial charge in [0.1, 0.15) is 5.75 Å². The molecule has 2 rings (SSSR count). The highest BCUT2D eigenvalue weighted by atomic mass is 16.5. The van der Waals surface area contributed by atoms with E-state index >= 15 is 0 Å². The molecule has 1 N–H and O–H groups in total. The molecular formula is C15H21NO. The van der Waals surface area contributed by atoms with Gasteiger partial charge in [-0.3, -0.25) is 0 Å². The van der Waals surface area contributed by atoms with E-state index in [0.717, 1.165) is 12.3 Å². The molecule has 0 unspecified atom stereocenters. The van der Waals surface area contributed by atoms with Crippen molar-refractivity contribution in [1.29, 1.82) is 0 Å². The number of anilines is 1. The molecule has 1 aromatic rings. The molecule has 0 spiro atoms. The highest BCUT2D eigenvalue weighted by molar-refractivity contribution is 5.46. The maximum atomic E-state index is 5.13. The van der Waals surface area contributed by atoms with Gasteiger partial charge in [0, 0.05) is 12.2 Å². The average Bonchev–Trinajstić information content (AvgIpc) is 2.41. The van der Waals surface area contributed by atoms with Crippen molar-refractivity contribution in [2.75, 3.05) is 19.0 Å². The minimum absolute atomic E-state index is 0.908. The van der Waals surface area contributed by atoms with Crippen molar-refractivity contribution in [3.05, 3.63) is 35.9 Å². The van der Waals surface area contributed by atoms with Crippen molar-refractivity contribution in [1.82, 2.24) is 0 Å². The molecular weight excluding hydrogens is 210 g/mol. The molecule has 92 valence electrons. The first-order valence-corrected chi connectivity index (χ1v) is 6.44. The Labute approximate surface area is 104 Å². The van der Waals surface area contributed by atoms with Crippen LogP contribution in [0.1, 0.15) is 32.1 Å². The number of methoxy groups -OCH3 is 1. The number of allylic oxidation sites excluding steroid dienone is 1. The van der Waals surface area contributed by atoms with Gasteiger partial charge in [0.15, 0.2) is 0 Å². The van der Waals surface area contributed by atoms with Gasteiger partial charge in [-0.25, -0.2) is 0 Å². The number of ether oxygens (including phenoxy) is 1. The predicted molar refractivity (Wildman–Crippen MR) is 72.7 cm³/mol. The second kappa shape index (κ2) is 6.33. The Morgan fingerprint density at radius 3 is 2.65 bits per heavy atom. The number of hydrogen-bond acceptors (Lipinski definition) is 2. The van der Waals surface area contributed by atoms with E-state index in [-0.39, 0.29) is 0 Å². The molecule has 17 heavy (non-hydrogen) atoms. The fraction of sp³-hybridized carbons (Fsp3) is 0.467. The zero-order valence-corrected chi connectivity index (χ0v) is 10.5. The van der Waals surface area contributed by atoms with Gasteiger partial charge < -0.3 is 10.1 Å². The van der Waals surface area contributed by atoms with Gasteiger partial charge in [-0.15, -0.1) is 0 Å². The zero-order valence-electron chi connectivity index (χ0n) is 10.5. The molecule has 1 aliphatic carbocycles. The first-order valence-electron chi connectivity index (χ1n) is 6.44. The van der Waals surface area contributed by atoms with Crippen molar-refractivity contribution in [3.63, 3.8) is 0 Å². The molecule has 0 aromatic heterocycles. The fourth-order valence-electron chi connectivity index (χ4n) is 2.21. The summed E-state index contributed by atoms with van der Waals surface area (Å²) in [5.74, 6) is 0.908. The lowest BCUT2D eigenvalue weighted by Gasteiger charge is -2.13. The summed E-state index contributed by atoms with van der Waals surface area (Å²) in [5.41, 5.74) is 2.79. The van der Waals surface area contributed by atoms with Crippen LogP contribution in [0.3, 0.4) is 0 Å². The van der Waals surface area contributed by atoms with Gasteiger partial charge in [-0.1, -0.05) is 11.6 Å². The van der Waals surface area contributed by atoms with Crippen LogP contribution in [0.4, 0.5) is 5.69 Å². The second-order valence-electron chi connectivity index (χ2n) is 4.51. The number of benzene rings is 1. The minimum Gasteiger partial charge on any atom is -0.497 e. The van der Waals surface area contributed by atoms with E-state index in [1.165, 1.54) is 37.8 Å². The molecule has 0 fully saturated rings. The normalized spacial score (nSPS) is 15.2. The number of nitrogens with one attached hydrogen (secondary N) is 1. The Balaban J connectivity index is 1.75. The second-order valence-corrected chi connectivity index (χ2v) is 4.51. The lowest BCUT2D eigenvalue weighted by Crippen LogP contribution is -2.04. The van der Waals surface area contributed by atoms with E-state index in [1.54, 1.807) is 12.7 Å². The first kappa shape index (κ1) is 12.0. The molecule has 0 bridgehead atoms. The highest BCUT2D eigenvalue weighted by Gasteiger charge is 2.02. The topological polar surface area (TPSA) is 21.3 Å². The third kappa shape index (κ3) is 3.81. The Bertz CT molecular complexity index is 367. The van der Waals surface area contributed by atoms with E-state index in [2.05, 4.69) is 23.5 Å². The first-order chi connectivity index (χ1) is 8.38. The van der Waals surface area contributed by atoms with Crippen LogP contribution in [-0.2, 0) is 0 Å². The Kier molecular flexibility index (Phi) is 4.48. The maximum absolute atomic E-state index is 5.13. The Morgan fingerprint density at radius 1 is 1.18 bits per heavy atom. The van der Waals surface area contributed by atoms with Crippen LogP contribution in [0.2, 0.25) is 0 Å². The third-order valence-electron chi connectivity index (χ3n) is 3.25. The summed E-state index contributed by atoms with van der Waals surface area (Å²) in [6, 6.07) is 8.10. The van der Waals surface area contributed by atoms with E-state index in [9.17, 15) is 0 Å². The van der Waals surface area contributed by atoms with Crippen molar-refractivity contribution in [3.8, 4) is 5.75 Å². The maximum Gasteiger partial charge on any atom is 0.119 e. The third-order valence-corrected chi connectivity index (χ3v) is 3.25. The summed E-state index contributed by atoms with van der Waals surface area (Å²) in [7, 11) is 1.69. The fourth-order valence-corrected chi connectivity index (χ4v) is 2.21. The molecule has 2 heteroatoms. The minimum atomic E-state index is 0.908. The quantitative estimate of drug-likeness (QED) is 0.773. The van der Waals surface area contributed by atoms with Gasteiger partial charge in [-0.05, 0) is 56.4 Å². The summed E-state index contributed by atoms with van der Waals surface area (Å²) >= 11 is 0. The van der Waals surface area contributed by atoms with Gasteiger partial charge in [0.05, 0.1) is 7.11 Å². The number of hydrogen-bond donors (Lipinski definition) is 1. The van der Waals surface area contributed by atoms with Gasteiger partial charge in [0.25, 0.3) is 0 Å². The monoisotopic (exact) mass is 231 g/mol. The van der Waals surface area contributed by atoms with Crippen LogP contribution >= 0.6 is 0 Å². The predicted octanol–water partition coefficient (Wildman–Crippen LogP) is 4.00. The van der Waals surface area contributed by atoms with Crippen molar-refractivity contribution in [2.45, 2.75) is 32.1 Å². The van der Waals surface area contributed by atoms with Crippen LogP contribution in [0.5, 0.6) is 5.75 Å². The molecule has 0 saturated heterocycles. The van der Waals surface area contributed by atoms with Crippen molar-refractivity contribution >= 4 is 5.69 Å². The van der Waals surface area contributed by atoms with Gasteiger partial charge in [-0.2, -0.15) is 0 Å². The van der Waals surface area contributed by atoms with Crippen LogP contribution < -0.4 is 10.1 Å². The molecule has 0 saturated carbocycles. The van der Waals surface area contributed by atoms with E-state index in [4.69, 9.17) is 4.74 Å². The smallest absolute Gasteiger partial charge is 0.119 e. The molecule has 2 nitrogen and oxygen atoms in total. The molecule has 0 heterocycles. The summed E-state index contributed by atoms with van der Waals surface area (Å²) < 4.78 is 5.13. The zero-order chi connectivity index (χ0) is 11.9. The summed E-state index contributed by atoms with van der Waals surface area (Å²) in [4.78, 5) is 0. The molecule has 1 aliphatic rings. The van der Waals surface area contributed by atoms with Crippen molar-refractivity contribution in [2.24, 2.45) is 0 Å². The van der Waals surface area contributed by atoms with E-state index < -0.39 is 0 Å². The van der Waals surface area contributed by atoms with Crippen LogP contribution in [0, 0.1) is 0 Å². The van der Waals surface area contributed by atoms with E-state index in [0.29, 0.717) is 0 Å². The van der Waals surface area contributed by atoms with Gasteiger partial charge in [0.2, 0.25) is 0 Å². The lowest BCUT2D eigenvalue weighted by molar-refractivity contribution is 0.415. The van der Waals surface area contributed by atoms with Crippen LogP contribution in [0.25, 0.3) is 0 Å². The molecule has 0 atom stereocenters. The Hall–Kier alpha value is -1.44. The summed E-state index contributed by atoms with van der Waals surface area (Å²) in [6.07, 6.45) is 8.90. The standard InChI is InChI=1S/C15H21NO/c1-17-15-9-7-14(8-10-15)16-12-11-13-5-3-2-4-6-13/h5,7-10,16H,2-4,6,11-12H2,1H3. The molecule has 0 aliphatic heterocycles. The van der Waals surface area contributed by atoms with Crippen LogP contribution in [0.15, 0.2) is 35.9 Å². The van der Waals surface area contributed by atoms with Crippen LogP contribution in [-0.4, -0.2) is 13.7 Å². The average molecular weight is 231 g/mol. The highest BCUT2D eigenvalue weighted by Crippen LogP contribution is 2.20. The molecule has 0 amide bonds. The van der Waals surface area contributed by atoms with Crippen molar-refractivity contribution < 1.29 is 4.74 Å².